The number of aromatic amines is 1. The van der Waals surface area contributed by atoms with E-state index in [1.807, 2.05) is 48.5 Å². The summed E-state index contributed by atoms with van der Waals surface area (Å²) in [6.45, 7) is 3.86. The number of nitro benzene ring substituents is 1. The Morgan fingerprint density at radius 3 is 2.48 bits per heavy atom. The molecule has 3 N–H and O–H groups in total. The van der Waals surface area contributed by atoms with Gasteiger partial charge >= 0.3 is 5.69 Å². The summed E-state index contributed by atoms with van der Waals surface area (Å²) in [4.78, 5) is 18.2. The number of piperidine rings is 1. The number of aliphatic hydroxyl groups is 1. The number of hydrogen-bond acceptors (Lipinski definition) is 10. The van der Waals surface area contributed by atoms with Crippen LogP contribution >= 0.6 is 0 Å². The number of fused-ring (bicyclic) bond motifs is 1. The molecule has 1 saturated heterocycles. The van der Waals surface area contributed by atoms with Gasteiger partial charge < -0.3 is 39.1 Å². The van der Waals surface area contributed by atoms with E-state index in [0.29, 0.717) is 44.3 Å². The lowest BCUT2D eigenvalue weighted by molar-refractivity contribution is -0.385. The van der Waals surface area contributed by atoms with Gasteiger partial charge in [0.05, 0.1) is 50.2 Å². The number of nitrogens with zero attached hydrogens (tertiary/aromatic N) is 2. The van der Waals surface area contributed by atoms with Gasteiger partial charge in [0.15, 0.2) is 5.75 Å². The van der Waals surface area contributed by atoms with Gasteiger partial charge in [-0.25, -0.2) is 4.98 Å². The molecular formula is C38H42N4O8. The van der Waals surface area contributed by atoms with Crippen molar-refractivity contribution in [3.8, 4) is 17.2 Å². The lowest BCUT2D eigenvalue weighted by Crippen LogP contribution is -2.51. The maximum Gasteiger partial charge on any atom is 0.310 e. The third-order valence-electron chi connectivity index (χ3n) is 8.75. The van der Waals surface area contributed by atoms with Crippen molar-refractivity contribution in [1.29, 1.82) is 0 Å². The molecule has 0 amide bonds. The molecule has 0 saturated carbocycles. The van der Waals surface area contributed by atoms with E-state index in [0.717, 1.165) is 27.6 Å². The molecule has 1 aliphatic rings. The largest absolute Gasteiger partial charge is 0.496 e. The number of rotatable bonds is 16. The van der Waals surface area contributed by atoms with Crippen molar-refractivity contribution in [1.82, 2.24) is 15.3 Å². The molecule has 0 aliphatic carbocycles. The van der Waals surface area contributed by atoms with Gasteiger partial charge in [0, 0.05) is 49.3 Å². The molecule has 1 aliphatic heterocycles. The number of hydrogen-bond donors (Lipinski definition) is 3. The van der Waals surface area contributed by atoms with Crippen LogP contribution < -0.4 is 19.5 Å². The Labute approximate surface area is 290 Å². The maximum atomic E-state index is 11.2. The van der Waals surface area contributed by atoms with Crippen LogP contribution in [0.4, 0.5) is 5.69 Å². The molecule has 12 nitrogen and oxygen atoms in total. The second-order valence-corrected chi connectivity index (χ2v) is 12.2. The van der Waals surface area contributed by atoms with Gasteiger partial charge in [-0.15, -0.1) is 0 Å². The van der Waals surface area contributed by atoms with Crippen LogP contribution in [0, 0.1) is 10.1 Å². The Hall–Kier alpha value is -5.01. The summed E-state index contributed by atoms with van der Waals surface area (Å²) >= 11 is 0. The van der Waals surface area contributed by atoms with Gasteiger partial charge in [0.2, 0.25) is 0 Å². The highest BCUT2D eigenvalue weighted by Gasteiger charge is 2.39. The second-order valence-electron chi connectivity index (χ2n) is 12.2. The summed E-state index contributed by atoms with van der Waals surface area (Å²) in [7, 11) is 1.67. The van der Waals surface area contributed by atoms with Crippen molar-refractivity contribution < 1.29 is 33.7 Å². The molecule has 4 aromatic carbocycles. The predicted octanol–water partition coefficient (Wildman–Crippen LogP) is 6.11. The highest BCUT2D eigenvalue weighted by molar-refractivity contribution is 5.89. The number of aliphatic hydroxyl groups excluding tert-OH is 1. The van der Waals surface area contributed by atoms with Gasteiger partial charge in [0.1, 0.15) is 23.4 Å². The van der Waals surface area contributed by atoms with Crippen LogP contribution in [0.3, 0.4) is 0 Å². The van der Waals surface area contributed by atoms with Gasteiger partial charge in [-0.3, -0.25) is 10.1 Å². The zero-order chi connectivity index (χ0) is 34.9. The number of aromatic nitrogens is 2. The molecule has 12 heteroatoms. The monoisotopic (exact) mass is 682 g/mol. The molecule has 2 heterocycles. The van der Waals surface area contributed by atoms with Gasteiger partial charge in [-0.1, -0.05) is 48.5 Å². The number of nitrogens with one attached hydrogen (secondary N) is 2. The molecule has 5 aromatic rings. The van der Waals surface area contributed by atoms with Crippen molar-refractivity contribution in [3.05, 3.63) is 124 Å². The average molecular weight is 683 g/mol. The number of ether oxygens (including phenoxy) is 5. The first-order valence-electron chi connectivity index (χ1n) is 16.7. The minimum absolute atomic E-state index is 0.0626. The molecule has 2 unspecified atom stereocenters. The van der Waals surface area contributed by atoms with Crippen molar-refractivity contribution in [2.75, 3.05) is 33.4 Å². The van der Waals surface area contributed by atoms with Crippen LogP contribution in [0.1, 0.15) is 42.3 Å². The van der Waals surface area contributed by atoms with Gasteiger partial charge in [-0.05, 0) is 53.8 Å². The van der Waals surface area contributed by atoms with Crippen LogP contribution in [0.25, 0.3) is 10.8 Å². The van der Waals surface area contributed by atoms with Gasteiger partial charge in [0.25, 0.3) is 0 Å². The SMILES string of the molecule is COc1cc(CO[C@H]2CNC[C@@H](OC(c3ncc[nH]3)C(C)O)[C@@H]2c2ccc(OCCCOc3ccccc3[N+](=O)[O-])cc2)cc2ccccc12. The van der Waals surface area contributed by atoms with Crippen LogP contribution in [0.15, 0.2) is 97.3 Å². The predicted molar refractivity (Wildman–Crippen MR) is 188 cm³/mol. The average Bonchev–Trinajstić information content (AvgIpc) is 3.67. The van der Waals surface area contributed by atoms with E-state index in [2.05, 4.69) is 27.4 Å². The second kappa shape index (κ2) is 16.6. The summed E-state index contributed by atoms with van der Waals surface area (Å²) in [6, 6.07) is 26.4. The first-order valence-corrected chi connectivity index (χ1v) is 16.7. The number of benzene rings is 4. The van der Waals surface area contributed by atoms with E-state index in [1.54, 1.807) is 44.6 Å². The Bertz CT molecular complexity index is 1830. The van der Waals surface area contributed by atoms with E-state index in [9.17, 15) is 15.2 Å². The number of H-pyrrole nitrogens is 1. The molecular weight excluding hydrogens is 640 g/mol. The first-order chi connectivity index (χ1) is 24.4. The Morgan fingerprint density at radius 2 is 1.72 bits per heavy atom. The van der Waals surface area contributed by atoms with E-state index >= 15 is 0 Å². The highest BCUT2D eigenvalue weighted by atomic mass is 16.6. The summed E-state index contributed by atoms with van der Waals surface area (Å²) in [6.07, 6.45) is 1.82. The Morgan fingerprint density at radius 1 is 0.960 bits per heavy atom. The van der Waals surface area contributed by atoms with Crippen LogP contribution in [0.5, 0.6) is 17.2 Å². The summed E-state index contributed by atoms with van der Waals surface area (Å²) < 4.78 is 30.6. The quantitative estimate of drug-likeness (QED) is 0.0632. The number of imidazole rings is 1. The van der Waals surface area contributed by atoms with Crippen LogP contribution in [-0.2, 0) is 16.1 Å². The van der Waals surface area contributed by atoms with Crippen molar-refractivity contribution in [2.24, 2.45) is 0 Å². The normalized spacial score (nSPS) is 18.7. The maximum absolute atomic E-state index is 11.2. The summed E-state index contributed by atoms with van der Waals surface area (Å²) in [5, 5.41) is 27.5. The molecule has 0 bridgehead atoms. The highest BCUT2D eigenvalue weighted by Crippen LogP contribution is 2.36. The van der Waals surface area contributed by atoms with Crippen molar-refractivity contribution in [3.63, 3.8) is 0 Å². The lowest BCUT2D eigenvalue weighted by atomic mass is 9.85. The summed E-state index contributed by atoms with van der Waals surface area (Å²) in [5.41, 5.74) is 1.94. The van der Waals surface area contributed by atoms with Crippen LogP contribution in [0.2, 0.25) is 0 Å². The molecule has 50 heavy (non-hydrogen) atoms. The zero-order valence-corrected chi connectivity index (χ0v) is 28.1. The molecule has 0 radical (unpaired) electrons. The number of methoxy groups -OCH3 is 1. The van der Waals surface area contributed by atoms with E-state index in [4.69, 9.17) is 23.7 Å². The first kappa shape index (κ1) is 34.8. The molecule has 5 atom stereocenters. The Kier molecular flexibility index (Phi) is 11.6. The summed E-state index contributed by atoms with van der Waals surface area (Å²) in [5.74, 6) is 2.09. The fourth-order valence-corrected chi connectivity index (χ4v) is 6.35. The standard InChI is InChI=1S/C38H42N4O8/c1-25(43)37(38-40-16-17-41-38)50-35-23-39-22-34(49-24-26-20-28-8-3-4-9-30(28)33(21-26)46-2)36(35)27-12-14-29(15-13-27)47-18-7-19-48-32-11-6-5-10-31(32)42(44)45/h3-6,8-17,20-21,25,34-37,39,43H,7,18-19,22-24H2,1-2H3,(H,40,41)/t25?,34-,35+,36+,37?/m0/s1. The number of nitro groups is 1. The van der Waals surface area contributed by atoms with E-state index in [-0.39, 0.29) is 36.2 Å². The molecule has 6 rings (SSSR count). The van der Waals surface area contributed by atoms with Gasteiger partial charge in [-0.2, -0.15) is 0 Å². The van der Waals surface area contributed by atoms with Crippen molar-refractivity contribution >= 4 is 16.5 Å². The fourth-order valence-electron chi connectivity index (χ4n) is 6.35. The van der Waals surface area contributed by atoms with E-state index in [1.165, 1.54) is 6.07 Å². The topological polar surface area (TPSA) is 150 Å². The number of para-hydroxylation sites is 2. The Balaban J connectivity index is 1.16. The lowest BCUT2D eigenvalue weighted by Gasteiger charge is -2.40. The minimum atomic E-state index is -0.805. The molecule has 1 aromatic heterocycles. The molecule has 1 fully saturated rings. The third-order valence-corrected chi connectivity index (χ3v) is 8.75. The van der Waals surface area contributed by atoms with Crippen LogP contribution in [-0.4, -0.2) is 71.7 Å². The smallest absolute Gasteiger partial charge is 0.310 e. The third kappa shape index (κ3) is 8.40. The van der Waals surface area contributed by atoms with E-state index < -0.39 is 17.1 Å². The van der Waals surface area contributed by atoms with Crippen molar-refractivity contribution in [2.45, 2.75) is 50.3 Å². The molecule has 262 valence electrons. The minimum Gasteiger partial charge on any atom is -0.496 e. The fraction of sp³-hybridized carbons (Fsp3) is 0.342. The zero-order valence-electron chi connectivity index (χ0n) is 28.1. The molecule has 0 spiro atoms.